The lowest BCUT2D eigenvalue weighted by Crippen LogP contribution is -2.33. The molecule has 0 saturated carbocycles. The molecule has 2 nitrogen and oxygen atoms in total. The number of rotatable bonds is 2. The largest absolute Gasteiger partial charge is 0.362 e. The lowest BCUT2D eigenvalue weighted by molar-refractivity contribution is 0.579. The van der Waals surface area contributed by atoms with Gasteiger partial charge in [0, 0.05) is 17.5 Å². The number of nitrogens with zero attached hydrogens (tertiary/aromatic N) is 1. The Balaban J connectivity index is 1.94. The molecule has 3 rings (SSSR count). The topological polar surface area (TPSA) is 29.3 Å². The van der Waals surface area contributed by atoms with Crippen molar-refractivity contribution in [3.63, 3.8) is 0 Å². The van der Waals surface area contributed by atoms with Crippen LogP contribution in [0.5, 0.6) is 0 Å². The Bertz CT molecular complexity index is 621. The van der Waals surface area contributed by atoms with Gasteiger partial charge in [-0.2, -0.15) is 0 Å². The van der Waals surface area contributed by atoms with Crippen LogP contribution >= 0.6 is 11.3 Å². The second kappa shape index (κ2) is 5.19. The first-order valence-corrected chi connectivity index (χ1v) is 7.84. The zero-order valence-electron chi connectivity index (χ0n) is 11.8. The number of benzene rings is 1. The van der Waals surface area contributed by atoms with Crippen molar-refractivity contribution >= 4 is 17.0 Å². The monoisotopic (exact) mass is 290 g/mol. The van der Waals surface area contributed by atoms with E-state index in [1.54, 1.807) is 17.4 Å². The summed E-state index contributed by atoms with van der Waals surface area (Å²) >= 11 is 1.80. The fraction of sp³-hybridized carbons (Fsp3) is 0.375. The molecule has 2 N–H and O–H groups in total. The molecule has 0 saturated heterocycles. The Morgan fingerprint density at radius 3 is 2.90 bits per heavy atom. The van der Waals surface area contributed by atoms with Crippen molar-refractivity contribution in [2.45, 2.75) is 32.4 Å². The van der Waals surface area contributed by atoms with E-state index >= 15 is 0 Å². The van der Waals surface area contributed by atoms with E-state index in [2.05, 4.69) is 23.3 Å². The first-order valence-electron chi connectivity index (χ1n) is 6.96. The number of hydrogen-bond acceptors (Lipinski definition) is 3. The van der Waals surface area contributed by atoms with Crippen LogP contribution in [0.4, 0.5) is 10.1 Å². The molecule has 2 atom stereocenters. The van der Waals surface area contributed by atoms with Crippen molar-refractivity contribution in [1.29, 1.82) is 0 Å². The summed E-state index contributed by atoms with van der Waals surface area (Å²) in [6.07, 6.45) is 0.992. The van der Waals surface area contributed by atoms with Gasteiger partial charge in [-0.3, -0.25) is 0 Å². The first kappa shape index (κ1) is 13.6. The average molecular weight is 290 g/mol. The van der Waals surface area contributed by atoms with E-state index in [4.69, 9.17) is 5.73 Å². The molecule has 0 spiro atoms. The lowest BCUT2D eigenvalue weighted by atomic mass is 10.00. The van der Waals surface area contributed by atoms with Gasteiger partial charge in [0.15, 0.2) is 0 Å². The van der Waals surface area contributed by atoms with E-state index in [0.717, 1.165) is 18.5 Å². The van der Waals surface area contributed by atoms with Crippen molar-refractivity contribution in [3.05, 3.63) is 51.5 Å². The number of hydrogen-bond donors (Lipinski definition) is 1. The molecule has 1 aromatic carbocycles. The van der Waals surface area contributed by atoms with E-state index in [0.29, 0.717) is 5.69 Å². The number of nitrogens with two attached hydrogens (primary N) is 1. The Labute approximate surface area is 123 Å². The molecule has 0 amide bonds. The Kier molecular flexibility index (Phi) is 3.52. The van der Waals surface area contributed by atoms with Crippen LogP contribution in [0.3, 0.4) is 0 Å². The molecule has 0 aliphatic carbocycles. The minimum Gasteiger partial charge on any atom is -0.362 e. The van der Waals surface area contributed by atoms with Crippen LogP contribution in [-0.2, 0) is 6.42 Å². The summed E-state index contributed by atoms with van der Waals surface area (Å²) in [5.74, 6) is -0.176. The van der Waals surface area contributed by atoms with Crippen molar-refractivity contribution in [2.75, 3.05) is 11.4 Å². The second-order valence-electron chi connectivity index (χ2n) is 5.42. The van der Waals surface area contributed by atoms with Gasteiger partial charge >= 0.3 is 0 Å². The fourth-order valence-electron chi connectivity index (χ4n) is 2.88. The minimum absolute atomic E-state index is 0.138. The molecule has 0 fully saturated rings. The minimum atomic E-state index is -0.176. The third-order valence-corrected chi connectivity index (χ3v) is 5.08. The van der Waals surface area contributed by atoms with E-state index in [1.807, 2.05) is 19.1 Å². The van der Waals surface area contributed by atoms with Gasteiger partial charge < -0.3 is 10.6 Å². The summed E-state index contributed by atoms with van der Waals surface area (Å²) in [6.45, 7) is 4.88. The van der Waals surface area contributed by atoms with E-state index in [-0.39, 0.29) is 17.9 Å². The second-order valence-corrected chi connectivity index (χ2v) is 6.42. The quantitative estimate of drug-likeness (QED) is 0.904. The Morgan fingerprint density at radius 2 is 2.20 bits per heavy atom. The number of fused-ring (bicyclic) bond motifs is 1. The number of thiophene rings is 1. The highest BCUT2D eigenvalue weighted by Crippen LogP contribution is 2.37. The average Bonchev–Trinajstić information content (AvgIpc) is 2.89. The predicted octanol–water partition coefficient (Wildman–Crippen LogP) is 4.03. The summed E-state index contributed by atoms with van der Waals surface area (Å²) in [7, 11) is 0. The van der Waals surface area contributed by atoms with Gasteiger partial charge in [0.25, 0.3) is 0 Å². The highest BCUT2D eigenvalue weighted by Gasteiger charge is 2.26. The van der Waals surface area contributed by atoms with Crippen molar-refractivity contribution in [3.8, 4) is 0 Å². The van der Waals surface area contributed by atoms with Crippen LogP contribution in [-0.4, -0.2) is 6.54 Å². The van der Waals surface area contributed by atoms with Crippen LogP contribution < -0.4 is 10.6 Å². The lowest BCUT2D eigenvalue weighted by Gasteiger charge is -2.36. The van der Waals surface area contributed by atoms with Crippen LogP contribution in [0, 0.1) is 5.82 Å². The molecular weight excluding hydrogens is 271 g/mol. The first-order chi connectivity index (χ1) is 9.58. The SMILES string of the molecule is CC1c2ccsc2CCN1c1ccc([C@@H](C)N)cc1F. The van der Waals surface area contributed by atoms with Gasteiger partial charge in [-0.05, 0) is 55.0 Å². The smallest absolute Gasteiger partial charge is 0.146 e. The van der Waals surface area contributed by atoms with Crippen molar-refractivity contribution in [2.24, 2.45) is 5.73 Å². The highest BCUT2D eigenvalue weighted by molar-refractivity contribution is 7.10. The Hall–Kier alpha value is -1.39. The maximum absolute atomic E-state index is 14.4. The molecule has 20 heavy (non-hydrogen) atoms. The Morgan fingerprint density at radius 1 is 1.40 bits per heavy atom. The van der Waals surface area contributed by atoms with Gasteiger partial charge in [-0.15, -0.1) is 11.3 Å². The highest BCUT2D eigenvalue weighted by atomic mass is 32.1. The maximum atomic E-state index is 14.4. The standard InChI is InChI=1S/C16H19FN2S/c1-10(18)12-3-4-15(14(17)9-12)19-7-5-16-13(11(19)2)6-8-20-16/h3-4,6,8-11H,5,7,18H2,1-2H3/t10-,11?/m1/s1. The normalized spacial score (nSPS) is 19.8. The molecule has 1 aliphatic rings. The van der Waals surface area contributed by atoms with Gasteiger partial charge in [0.2, 0.25) is 0 Å². The van der Waals surface area contributed by atoms with Crippen molar-refractivity contribution in [1.82, 2.24) is 0 Å². The number of halogens is 1. The predicted molar refractivity (Wildman–Crippen MR) is 82.8 cm³/mol. The van der Waals surface area contributed by atoms with Crippen molar-refractivity contribution < 1.29 is 4.39 Å². The summed E-state index contributed by atoms with van der Waals surface area (Å²) < 4.78 is 14.4. The van der Waals surface area contributed by atoms with Gasteiger partial charge in [-0.25, -0.2) is 4.39 Å². The van der Waals surface area contributed by atoms with Crippen LogP contribution in [0.25, 0.3) is 0 Å². The zero-order valence-corrected chi connectivity index (χ0v) is 12.6. The third-order valence-electron chi connectivity index (χ3n) is 4.08. The van der Waals surface area contributed by atoms with E-state index in [9.17, 15) is 4.39 Å². The molecular formula is C16H19FN2S. The fourth-order valence-corrected chi connectivity index (χ4v) is 3.84. The molecule has 2 aromatic rings. The summed E-state index contributed by atoms with van der Waals surface area (Å²) in [5.41, 5.74) is 8.66. The van der Waals surface area contributed by atoms with E-state index in [1.165, 1.54) is 10.4 Å². The van der Waals surface area contributed by atoms with Crippen LogP contribution in [0.15, 0.2) is 29.6 Å². The summed E-state index contributed by atoms with van der Waals surface area (Å²) in [4.78, 5) is 3.58. The van der Waals surface area contributed by atoms with Gasteiger partial charge in [-0.1, -0.05) is 6.07 Å². The van der Waals surface area contributed by atoms with E-state index < -0.39 is 0 Å². The number of anilines is 1. The molecule has 2 heterocycles. The summed E-state index contributed by atoms with van der Waals surface area (Å²) in [6, 6.07) is 7.60. The molecule has 4 heteroatoms. The molecule has 1 unspecified atom stereocenters. The van der Waals surface area contributed by atoms with Gasteiger partial charge in [0.05, 0.1) is 11.7 Å². The zero-order chi connectivity index (χ0) is 14.3. The molecule has 1 aromatic heterocycles. The van der Waals surface area contributed by atoms with Crippen LogP contribution in [0.2, 0.25) is 0 Å². The van der Waals surface area contributed by atoms with Crippen LogP contribution in [0.1, 0.15) is 41.9 Å². The molecule has 0 bridgehead atoms. The molecule has 0 radical (unpaired) electrons. The molecule has 1 aliphatic heterocycles. The third kappa shape index (κ3) is 2.23. The molecule has 106 valence electrons. The maximum Gasteiger partial charge on any atom is 0.146 e. The summed E-state index contributed by atoms with van der Waals surface area (Å²) in [5, 5.41) is 2.13. The van der Waals surface area contributed by atoms with Gasteiger partial charge in [0.1, 0.15) is 5.82 Å².